The summed E-state index contributed by atoms with van der Waals surface area (Å²) in [5.41, 5.74) is 3.28. The molecule has 0 spiro atoms. The summed E-state index contributed by atoms with van der Waals surface area (Å²) in [6, 6.07) is 26.3. The lowest BCUT2D eigenvalue weighted by molar-refractivity contribution is -0.142. The van der Waals surface area contributed by atoms with Crippen LogP contribution in [0.4, 0.5) is 0 Å². The van der Waals surface area contributed by atoms with Gasteiger partial charge in [-0.3, -0.25) is 0 Å². The third kappa shape index (κ3) is 9.29. The van der Waals surface area contributed by atoms with E-state index in [0.29, 0.717) is 12.2 Å². The fourth-order valence-electron chi connectivity index (χ4n) is 4.52. The van der Waals surface area contributed by atoms with Gasteiger partial charge in [-0.15, -0.1) is 0 Å². The molecule has 3 rings (SSSR count). The quantitative estimate of drug-likeness (QED) is 0.106. The van der Waals surface area contributed by atoms with Crippen molar-refractivity contribution in [3.05, 3.63) is 72.8 Å². The van der Waals surface area contributed by atoms with Crippen LogP contribution in [-0.4, -0.2) is 12.6 Å². The predicted molar refractivity (Wildman–Crippen MR) is 160 cm³/mol. The number of hydrogen-bond donors (Lipinski definition) is 0. The Hall–Kier alpha value is -3.58. The maximum atomic E-state index is 12.6. The van der Waals surface area contributed by atoms with E-state index in [2.05, 4.69) is 49.4 Å². The Morgan fingerprint density at radius 3 is 1.59 bits per heavy atom. The highest BCUT2D eigenvalue weighted by Crippen LogP contribution is 2.29. The van der Waals surface area contributed by atoms with Crippen molar-refractivity contribution in [3.8, 4) is 39.8 Å². The van der Waals surface area contributed by atoms with Crippen LogP contribution in [0.1, 0.15) is 85.0 Å². The first-order chi connectivity index (χ1) is 19.0. The molecule has 3 aromatic carbocycles. The van der Waals surface area contributed by atoms with Crippen LogP contribution in [0, 0.1) is 16.7 Å². The van der Waals surface area contributed by atoms with Gasteiger partial charge in [0.25, 0.3) is 0 Å². The minimum Gasteiger partial charge on any atom is -0.494 e. The van der Waals surface area contributed by atoms with E-state index in [-0.39, 0.29) is 0 Å². The van der Waals surface area contributed by atoms with E-state index >= 15 is 0 Å². The second kappa shape index (κ2) is 15.7. The Labute approximate surface area is 235 Å². The Bertz CT molecular complexity index is 1180. The van der Waals surface area contributed by atoms with E-state index in [1.54, 1.807) is 19.1 Å². The summed E-state index contributed by atoms with van der Waals surface area (Å²) >= 11 is 0. The third-order valence-electron chi connectivity index (χ3n) is 7.21. The molecule has 0 fully saturated rings. The molecule has 0 heterocycles. The molecule has 1 atom stereocenters. The normalized spacial score (nSPS) is 12.4. The lowest BCUT2D eigenvalue weighted by atomic mass is 9.87. The molecule has 0 aliphatic heterocycles. The van der Waals surface area contributed by atoms with Gasteiger partial charge in [-0.25, -0.2) is 4.79 Å². The number of hydrogen-bond acceptors (Lipinski definition) is 4. The highest BCUT2D eigenvalue weighted by molar-refractivity contribution is 5.82. The summed E-state index contributed by atoms with van der Waals surface area (Å²) < 4.78 is 11.5. The third-order valence-corrected chi connectivity index (χ3v) is 7.21. The van der Waals surface area contributed by atoms with E-state index in [4.69, 9.17) is 9.47 Å². The predicted octanol–water partition coefficient (Wildman–Crippen LogP) is 9.78. The number of nitriles is 1. The van der Waals surface area contributed by atoms with Crippen LogP contribution >= 0.6 is 0 Å². The van der Waals surface area contributed by atoms with Gasteiger partial charge < -0.3 is 9.47 Å². The maximum Gasteiger partial charge on any atom is 0.331 e. The summed E-state index contributed by atoms with van der Waals surface area (Å²) in [5.74, 6) is 0.875. The van der Waals surface area contributed by atoms with Crippen LogP contribution in [0.5, 0.6) is 11.5 Å². The number of carbonyl (C=O) groups is 1. The van der Waals surface area contributed by atoms with E-state index in [1.807, 2.05) is 31.2 Å². The SMILES string of the molecule is CCCCCCCCCOc1ccc(-c2ccc(-c3ccc(OC(=O)C(C)(C#N)CCCC)cc3)cc2)cc1. The van der Waals surface area contributed by atoms with Gasteiger partial charge in [-0.2, -0.15) is 5.26 Å². The summed E-state index contributed by atoms with van der Waals surface area (Å²) in [7, 11) is 0. The molecular formula is C35H43NO3. The standard InChI is InChI=1S/C35H43NO3/c1-4-6-8-9-10-11-12-26-38-32-21-17-30(18-22-32)28-13-15-29(16-14-28)31-19-23-33(24-20-31)39-34(37)35(3,27-36)25-7-5-2/h13-24H,4-12,25-26H2,1-3H3. The summed E-state index contributed by atoms with van der Waals surface area (Å²) in [6.45, 7) is 6.72. The van der Waals surface area contributed by atoms with Crippen molar-refractivity contribution < 1.29 is 14.3 Å². The van der Waals surface area contributed by atoms with Crippen LogP contribution in [0.15, 0.2) is 72.8 Å². The van der Waals surface area contributed by atoms with Crippen LogP contribution in [0.2, 0.25) is 0 Å². The topological polar surface area (TPSA) is 59.3 Å². The number of unbranched alkanes of at least 4 members (excludes halogenated alkanes) is 7. The largest absolute Gasteiger partial charge is 0.494 e. The number of rotatable bonds is 16. The lowest BCUT2D eigenvalue weighted by Gasteiger charge is -2.19. The molecule has 0 bridgehead atoms. The fraction of sp³-hybridized carbons (Fsp3) is 0.429. The molecule has 0 amide bonds. The highest BCUT2D eigenvalue weighted by atomic mass is 16.5. The first-order valence-corrected chi connectivity index (χ1v) is 14.6. The van der Waals surface area contributed by atoms with Crippen molar-refractivity contribution in [3.63, 3.8) is 0 Å². The van der Waals surface area contributed by atoms with Crippen molar-refractivity contribution in [1.29, 1.82) is 5.26 Å². The highest BCUT2D eigenvalue weighted by Gasteiger charge is 2.34. The maximum absolute atomic E-state index is 12.6. The number of esters is 1. The van der Waals surface area contributed by atoms with Crippen molar-refractivity contribution in [1.82, 2.24) is 0 Å². The molecule has 0 radical (unpaired) electrons. The average Bonchev–Trinajstić information content (AvgIpc) is 2.98. The molecule has 1 unspecified atom stereocenters. The molecule has 0 saturated heterocycles. The van der Waals surface area contributed by atoms with Crippen molar-refractivity contribution >= 4 is 5.97 Å². The molecule has 0 N–H and O–H groups in total. The summed E-state index contributed by atoms with van der Waals surface area (Å²) in [5, 5.41) is 9.49. The van der Waals surface area contributed by atoms with Gasteiger partial charge in [0.1, 0.15) is 11.5 Å². The van der Waals surface area contributed by atoms with Gasteiger partial charge in [0, 0.05) is 0 Å². The molecule has 4 heteroatoms. The Morgan fingerprint density at radius 2 is 1.10 bits per heavy atom. The second-order valence-corrected chi connectivity index (χ2v) is 10.5. The van der Waals surface area contributed by atoms with E-state index in [9.17, 15) is 10.1 Å². The van der Waals surface area contributed by atoms with Gasteiger partial charge in [0.15, 0.2) is 5.41 Å². The van der Waals surface area contributed by atoms with Crippen molar-refractivity contribution in [2.24, 2.45) is 5.41 Å². The monoisotopic (exact) mass is 525 g/mol. The molecule has 0 aliphatic carbocycles. The number of carbonyl (C=O) groups excluding carboxylic acids is 1. The number of benzene rings is 3. The zero-order chi connectivity index (χ0) is 27.9. The molecule has 0 saturated carbocycles. The van der Waals surface area contributed by atoms with Gasteiger partial charge in [-0.1, -0.05) is 114 Å². The van der Waals surface area contributed by atoms with Crippen LogP contribution in [-0.2, 0) is 4.79 Å². The fourth-order valence-corrected chi connectivity index (χ4v) is 4.52. The molecule has 0 aromatic heterocycles. The Balaban J connectivity index is 1.50. The van der Waals surface area contributed by atoms with E-state index in [1.165, 1.54) is 38.5 Å². The summed E-state index contributed by atoms with van der Waals surface area (Å²) in [6.07, 6.45) is 11.2. The van der Waals surface area contributed by atoms with Crippen molar-refractivity contribution in [2.75, 3.05) is 6.61 Å². The van der Waals surface area contributed by atoms with Crippen LogP contribution in [0.25, 0.3) is 22.3 Å². The average molecular weight is 526 g/mol. The van der Waals surface area contributed by atoms with Gasteiger partial charge in [-0.05, 0) is 66.3 Å². The van der Waals surface area contributed by atoms with E-state index < -0.39 is 11.4 Å². The first-order valence-electron chi connectivity index (χ1n) is 14.6. The minimum atomic E-state index is -1.12. The summed E-state index contributed by atoms with van der Waals surface area (Å²) in [4.78, 5) is 12.6. The first kappa shape index (κ1) is 30.0. The molecule has 3 aromatic rings. The second-order valence-electron chi connectivity index (χ2n) is 10.5. The molecule has 0 aliphatic rings. The Kier molecular flexibility index (Phi) is 12.1. The smallest absolute Gasteiger partial charge is 0.331 e. The van der Waals surface area contributed by atoms with Crippen molar-refractivity contribution in [2.45, 2.75) is 85.0 Å². The number of nitrogens with zero attached hydrogens (tertiary/aromatic N) is 1. The zero-order valence-electron chi connectivity index (χ0n) is 23.9. The zero-order valence-corrected chi connectivity index (χ0v) is 23.9. The molecular weight excluding hydrogens is 482 g/mol. The van der Waals surface area contributed by atoms with Crippen LogP contribution < -0.4 is 9.47 Å². The molecule has 39 heavy (non-hydrogen) atoms. The molecule has 4 nitrogen and oxygen atoms in total. The van der Waals surface area contributed by atoms with Gasteiger partial charge in [0.2, 0.25) is 0 Å². The lowest BCUT2D eigenvalue weighted by Crippen LogP contribution is -2.30. The molecule has 206 valence electrons. The number of ether oxygens (including phenoxy) is 2. The van der Waals surface area contributed by atoms with E-state index in [0.717, 1.165) is 53.9 Å². The van der Waals surface area contributed by atoms with Crippen LogP contribution in [0.3, 0.4) is 0 Å². The van der Waals surface area contributed by atoms with Gasteiger partial charge >= 0.3 is 5.97 Å². The Morgan fingerprint density at radius 1 is 0.667 bits per heavy atom. The minimum absolute atomic E-state index is 0.452. The van der Waals surface area contributed by atoms with Gasteiger partial charge in [0.05, 0.1) is 12.7 Å².